The van der Waals surface area contributed by atoms with Crippen LogP contribution in [0, 0.1) is 6.92 Å². The highest BCUT2D eigenvalue weighted by Gasteiger charge is 2.17. The van der Waals surface area contributed by atoms with Gasteiger partial charge in [-0.05, 0) is 25.1 Å². The average molecular weight is 363 g/mol. The molecule has 2 aromatic rings. The number of rotatable bonds is 8. The van der Waals surface area contributed by atoms with Crippen molar-refractivity contribution in [2.45, 2.75) is 32.6 Å². The fourth-order valence-electron chi connectivity index (χ4n) is 2.24. The number of ether oxygens (including phenoxy) is 2. The second-order valence-electron chi connectivity index (χ2n) is 7.16. The molecule has 0 spiro atoms. The second-order valence-corrected chi connectivity index (χ2v) is 12.8. The SMILES string of the molecule is Cc1cc(C(=O)O)cc(-c2cnn(C)c2OCOCC[Si](C)(C)C)n1. The number of hydrogen-bond acceptors (Lipinski definition) is 5. The predicted molar refractivity (Wildman–Crippen MR) is 97.7 cm³/mol. The maximum atomic E-state index is 11.3. The molecule has 0 saturated heterocycles. The van der Waals surface area contributed by atoms with Gasteiger partial charge in [-0.1, -0.05) is 19.6 Å². The zero-order valence-electron chi connectivity index (χ0n) is 15.4. The maximum absolute atomic E-state index is 11.3. The first-order valence-corrected chi connectivity index (χ1v) is 11.8. The van der Waals surface area contributed by atoms with E-state index in [0.717, 1.165) is 6.04 Å². The Bertz CT molecular complexity index is 753. The Morgan fingerprint density at radius 3 is 2.68 bits per heavy atom. The molecule has 1 N–H and O–H groups in total. The van der Waals surface area contributed by atoms with Gasteiger partial charge in [-0.3, -0.25) is 4.98 Å². The van der Waals surface area contributed by atoms with E-state index in [1.165, 1.54) is 12.1 Å². The lowest BCUT2D eigenvalue weighted by Gasteiger charge is -2.15. The lowest BCUT2D eigenvalue weighted by molar-refractivity contribution is 0.0172. The van der Waals surface area contributed by atoms with Gasteiger partial charge in [0.1, 0.15) is 0 Å². The van der Waals surface area contributed by atoms with Crippen molar-refractivity contribution in [3.8, 4) is 17.1 Å². The summed E-state index contributed by atoms with van der Waals surface area (Å²) in [5, 5.41) is 13.4. The summed E-state index contributed by atoms with van der Waals surface area (Å²) in [5.74, 6) is -0.491. The minimum atomic E-state index is -1.14. The maximum Gasteiger partial charge on any atom is 0.335 e. The number of hydrogen-bond donors (Lipinski definition) is 1. The Morgan fingerprint density at radius 1 is 1.32 bits per heavy atom. The molecule has 0 amide bonds. The fraction of sp³-hybridized carbons (Fsp3) is 0.471. The summed E-state index contributed by atoms with van der Waals surface area (Å²) in [6.45, 7) is 9.41. The van der Waals surface area contributed by atoms with Crippen molar-refractivity contribution in [3.63, 3.8) is 0 Å². The van der Waals surface area contributed by atoms with Gasteiger partial charge >= 0.3 is 5.97 Å². The third kappa shape index (κ3) is 5.40. The van der Waals surface area contributed by atoms with Gasteiger partial charge in [0.05, 0.1) is 23.0 Å². The summed E-state index contributed by atoms with van der Waals surface area (Å²) in [7, 11) is 0.624. The molecule has 0 radical (unpaired) electrons. The zero-order chi connectivity index (χ0) is 18.6. The third-order valence-electron chi connectivity index (χ3n) is 3.64. The molecular weight excluding hydrogens is 338 g/mol. The van der Waals surface area contributed by atoms with Crippen molar-refractivity contribution in [1.29, 1.82) is 0 Å². The number of aryl methyl sites for hydroxylation is 2. The molecule has 0 fully saturated rings. The fourth-order valence-corrected chi connectivity index (χ4v) is 2.99. The van der Waals surface area contributed by atoms with Crippen LogP contribution in [0.2, 0.25) is 25.7 Å². The molecular formula is C17H25N3O4Si. The Balaban J connectivity index is 2.13. The molecule has 0 aromatic carbocycles. The van der Waals surface area contributed by atoms with Crippen LogP contribution in [-0.4, -0.2) is 47.3 Å². The number of aromatic carboxylic acids is 1. The van der Waals surface area contributed by atoms with Crippen molar-refractivity contribution < 1.29 is 19.4 Å². The highest BCUT2D eigenvalue weighted by Crippen LogP contribution is 2.29. The first-order chi connectivity index (χ1) is 11.7. The smallest absolute Gasteiger partial charge is 0.335 e. The van der Waals surface area contributed by atoms with Crippen LogP contribution in [0.25, 0.3) is 11.3 Å². The molecule has 8 heteroatoms. The van der Waals surface area contributed by atoms with Crippen LogP contribution in [0.4, 0.5) is 0 Å². The first-order valence-electron chi connectivity index (χ1n) is 8.12. The van der Waals surface area contributed by atoms with Crippen molar-refractivity contribution in [1.82, 2.24) is 14.8 Å². The number of carboxylic acids is 1. The van der Waals surface area contributed by atoms with E-state index in [0.29, 0.717) is 29.4 Å². The van der Waals surface area contributed by atoms with Crippen molar-refractivity contribution in [3.05, 3.63) is 29.6 Å². The van der Waals surface area contributed by atoms with Crippen LogP contribution in [-0.2, 0) is 11.8 Å². The molecule has 0 unspecified atom stereocenters. The van der Waals surface area contributed by atoms with E-state index in [1.807, 2.05) is 0 Å². The molecule has 0 atom stereocenters. The van der Waals surface area contributed by atoms with Gasteiger partial charge in [0, 0.05) is 27.4 Å². The Kier molecular flexibility index (Phi) is 5.96. The molecule has 0 saturated carbocycles. The van der Waals surface area contributed by atoms with Crippen LogP contribution >= 0.6 is 0 Å². The van der Waals surface area contributed by atoms with Crippen LogP contribution in [0.1, 0.15) is 16.1 Å². The Labute approximate surface area is 148 Å². The molecule has 2 heterocycles. The van der Waals surface area contributed by atoms with Gasteiger partial charge in [-0.15, -0.1) is 0 Å². The molecule has 25 heavy (non-hydrogen) atoms. The topological polar surface area (TPSA) is 86.5 Å². The summed E-state index contributed by atoms with van der Waals surface area (Å²) in [4.78, 5) is 15.7. The standard InChI is InChI=1S/C17H25N3O4Si/c1-12-8-13(17(21)22)9-15(19-12)14-10-18-20(2)16(14)24-11-23-6-7-25(3,4)5/h8-10H,6-7,11H2,1-5H3,(H,21,22). The lowest BCUT2D eigenvalue weighted by atomic mass is 10.1. The predicted octanol–water partition coefficient (Wildman–Crippen LogP) is 3.18. The van der Waals surface area contributed by atoms with E-state index >= 15 is 0 Å². The summed E-state index contributed by atoms with van der Waals surface area (Å²) >= 11 is 0. The second kappa shape index (κ2) is 7.79. The van der Waals surface area contributed by atoms with Gasteiger partial charge in [0.25, 0.3) is 0 Å². The molecule has 0 bridgehead atoms. The number of carbonyl (C=O) groups is 1. The van der Waals surface area contributed by atoms with Gasteiger partial charge in [0.15, 0.2) is 6.79 Å². The minimum Gasteiger partial charge on any atom is -0.478 e. The van der Waals surface area contributed by atoms with E-state index in [-0.39, 0.29) is 12.4 Å². The molecule has 7 nitrogen and oxygen atoms in total. The number of nitrogens with zero attached hydrogens (tertiary/aromatic N) is 3. The van der Waals surface area contributed by atoms with Gasteiger partial charge < -0.3 is 14.6 Å². The number of carboxylic acid groups (broad SMARTS) is 1. The van der Waals surface area contributed by atoms with E-state index in [2.05, 4.69) is 29.7 Å². The third-order valence-corrected chi connectivity index (χ3v) is 5.34. The zero-order valence-corrected chi connectivity index (χ0v) is 16.4. The van der Waals surface area contributed by atoms with E-state index in [9.17, 15) is 9.90 Å². The van der Waals surface area contributed by atoms with Crippen LogP contribution in [0.5, 0.6) is 5.88 Å². The average Bonchev–Trinajstić information content (AvgIpc) is 2.86. The van der Waals surface area contributed by atoms with Gasteiger partial charge in [-0.2, -0.15) is 5.10 Å². The summed E-state index contributed by atoms with van der Waals surface area (Å²) in [6.07, 6.45) is 1.62. The van der Waals surface area contributed by atoms with E-state index in [4.69, 9.17) is 9.47 Å². The molecule has 0 aliphatic carbocycles. The highest BCUT2D eigenvalue weighted by atomic mass is 28.3. The number of aromatic nitrogens is 3. The molecule has 0 aliphatic rings. The van der Waals surface area contributed by atoms with Crippen LogP contribution < -0.4 is 4.74 Å². The van der Waals surface area contributed by atoms with Crippen molar-refractivity contribution in [2.24, 2.45) is 7.05 Å². The van der Waals surface area contributed by atoms with Crippen LogP contribution in [0.15, 0.2) is 18.3 Å². The highest BCUT2D eigenvalue weighted by molar-refractivity contribution is 6.76. The normalized spacial score (nSPS) is 11.6. The van der Waals surface area contributed by atoms with Crippen molar-refractivity contribution >= 4 is 14.0 Å². The van der Waals surface area contributed by atoms with Crippen molar-refractivity contribution in [2.75, 3.05) is 13.4 Å². The van der Waals surface area contributed by atoms with Gasteiger partial charge in [-0.25, -0.2) is 9.48 Å². The Hall–Kier alpha value is -2.19. The first kappa shape index (κ1) is 19.1. The summed E-state index contributed by atoms with van der Waals surface area (Å²) < 4.78 is 12.9. The minimum absolute atomic E-state index is 0.120. The largest absolute Gasteiger partial charge is 0.478 e. The Morgan fingerprint density at radius 2 is 2.04 bits per heavy atom. The molecule has 2 aromatic heterocycles. The molecule has 0 aliphatic heterocycles. The quantitative estimate of drug-likeness (QED) is 0.440. The monoisotopic (exact) mass is 363 g/mol. The van der Waals surface area contributed by atoms with Crippen LogP contribution in [0.3, 0.4) is 0 Å². The van der Waals surface area contributed by atoms with Gasteiger partial charge in [0.2, 0.25) is 5.88 Å². The van der Waals surface area contributed by atoms with E-state index < -0.39 is 14.0 Å². The molecule has 136 valence electrons. The molecule has 2 rings (SSSR count). The van der Waals surface area contributed by atoms with E-state index in [1.54, 1.807) is 24.9 Å². The number of pyridine rings is 1. The summed E-state index contributed by atoms with van der Waals surface area (Å²) in [5.41, 5.74) is 1.96. The lowest BCUT2D eigenvalue weighted by Crippen LogP contribution is -2.22. The summed E-state index contributed by atoms with van der Waals surface area (Å²) in [6, 6.07) is 4.11.